The van der Waals surface area contributed by atoms with Gasteiger partial charge in [-0.05, 0) is 24.7 Å². The topological polar surface area (TPSA) is 0 Å². The van der Waals surface area contributed by atoms with E-state index in [1.807, 2.05) is 0 Å². The molecule has 0 saturated carbocycles. The van der Waals surface area contributed by atoms with Crippen molar-refractivity contribution in [1.29, 1.82) is 0 Å². The van der Waals surface area contributed by atoms with Crippen molar-refractivity contribution in [2.75, 3.05) is 0 Å². The van der Waals surface area contributed by atoms with Gasteiger partial charge in [0.05, 0.1) is 0 Å². The second-order valence-electron chi connectivity index (χ2n) is 4.21. The molecule has 1 atom stereocenters. The van der Waals surface area contributed by atoms with Gasteiger partial charge in [-0.15, -0.1) is 0 Å². The van der Waals surface area contributed by atoms with Crippen LogP contribution in [0.15, 0.2) is 23.8 Å². The summed E-state index contributed by atoms with van der Waals surface area (Å²) in [7, 11) is 0. The molecule has 1 unspecified atom stereocenters. The Bertz CT molecular complexity index is 196. The van der Waals surface area contributed by atoms with Gasteiger partial charge in [0, 0.05) is 0 Å². The Morgan fingerprint density at radius 3 is 2.45 bits per heavy atom. The minimum absolute atomic E-state index is 0.402. The smallest absolute Gasteiger partial charge is 0.00833 e. The van der Waals surface area contributed by atoms with Crippen LogP contribution in [0, 0.1) is 11.3 Å². The van der Waals surface area contributed by atoms with E-state index < -0.39 is 0 Å². The van der Waals surface area contributed by atoms with Gasteiger partial charge in [0.25, 0.3) is 0 Å². The third-order valence-corrected chi connectivity index (χ3v) is 2.84. The maximum Gasteiger partial charge on any atom is -0.00833 e. The first-order valence-corrected chi connectivity index (χ1v) is 4.39. The number of allylic oxidation sites excluding steroid dienone is 4. The maximum absolute atomic E-state index is 2.34. The highest BCUT2D eigenvalue weighted by Gasteiger charge is 2.26. The van der Waals surface area contributed by atoms with Crippen LogP contribution < -0.4 is 0 Å². The Labute approximate surface area is 70.0 Å². The van der Waals surface area contributed by atoms with Crippen molar-refractivity contribution in [1.82, 2.24) is 0 Å². The van der Waals surface area contributed by atoms with Crippen molar-refractivity contribution < 1.29 is 0 Å². The van der Waals surface area contributed by atoms with Crippen molar-refractivity contribution in [3.05, 3.63) is 23.8 Å². The van der Waals surface area contributed by atoms with Crippen LogP contribution in [0.4, 0.5) is 0 Å². The Kier molecular flexibility index (Phi) is 2.22. The van der Waals surface area contributed by atoms with Crippen molar-refractivity contribution in [3.63, 3.8) is 0 Å². The van der Waals surface area contributed by atoms with Crippen molar-refractivity contribution in [3.8, 4) is 0 Å². The van der Waals surface area contributed by atoms with E-state index in [1.54, 1.807) is 0 Å². The summed E-state index contributed by atoms with van der Waals surface area (Å²) in [6.07, 6.45) is 7.97. The van der Waals surface area contributed by atoms with Crippen LogP contribution in [0.25, 0.3) is 0 Å². The molecule has 0 saturated heterocycles. The first-order chi connectivity index (χ1) is 5.04. The molecule has 0 amide bonds. The average molecular weight is 150 g/mol. The monoisotopic (exact) mass is 150 g/mol. The molecule has 11 heavy (non-hydrogen) atoms. The van der Waals surface area contributed by atoms with Crippen LogP contribution in [-0.4, -0.2) is 0 Å². The molecule has 0 aliphatic heterocycles. The van der Waals surface area contributed by atoms with Crippen LogP contribution in [-0.2, 0) is 0 Å². The summed E-state index contributed by atoms with van der Waals surface area (Å²) >= 11 is 0. The van der Waals surface area contributed by atoms with Crippen molar-refractivity contribution >= 4 is 0 Å². The first kappa shape index (κ1) is 8.58. The first-order valence-electron chi connectivity index (χ1n) is 4.39. The van der Waals surface area contributed by atoms with Gasteiger partial charge in [-0.1, -0.05) is 44.6 Å². The molecular weight excluding hydrogens is 132 g/mol. The van der Waals surface area contributed by atoms with E-state index in [4.69, 9.17) is 0 Å². The highest BCUT2D eigenvalue weighted by Crippen LogP contribution is 2.37. The summed E-state index contributed by atoms with van der Waals surface area (Å²) in [4.78, 5) is 0. The van der Waals surface area contributed by atoms with Gasteiger partial charge in [0.2, 0.25) is 0 Å². The van der Waals surface area contributed by atoms with Crippen LogP contribution in [0.1, 0.15) is 34.1 Å². The molecule has 0 spiro atoms. The zero-order valence-electron chi connectivity index (χ0n) is 8.02. The van der Waals surface area contributed by atoms with Crippen molar-refractivity contribution in [2.45, 2.75) is 34.1 Å². The van der Waals surface area contributed by atoms with E-state index in [2.05, 4.69) is 45.9 Å². The minimum atomic E-state index is 0.402. The molecule has 0 bridgehead atoms. The molecule has 1 rings (SSSR count). The largest absolute Gasteiger partial charge is 0.0780 e. The second-order valence-corrected chi connectivity index (χ2v) is 4.21. The van der Waals surface area contributed by atoms with Gasteiger partial charge < -0.3 is 0 Å². The van der Waals surface area contributed by atoms with Gasteiger partial charge in [0.15, 0.2) is 0 Å². The fraction of sp³-hybridized carbons (Fsp3) is 0.636. The molecule has 0 aromatic heterocycles. The van der Waals surface area contributed by atoms with Gasteiger partial charge >= 0.3 is 0 Å². The SMILES string of the molecule is CC1=CC=CC(C)(C(C)C)C1. The lowest BCUT2D eigenvalue weighted by Crippen LogP contribution is -2.22. The molecule has 0 N–H and O–H groups in total. The molecule has 0 heteroatoms. The zero-order valence-corrected chi connectivity index (χ0v) is 8.02. The van der Waals surface area contributed by atoms with E-state index in [9.17, 15) is 0 Å². The molecule has 0 fully saturated rings. The molecule has 62 valence electrons. The summed E-state index contributed by atoms with van der Waals surface area (Å²) in [6, 6.07) is 0. The molecule has 0 radical (unpaired) electrons. The summed E-state index contributed by atoms with van der Waals surface area (Å²) in [5, 5.41) is 0. The lowest BCUT2D eigenvalue weighted by molar-refractivity contribution is 0.292. The third-order valence-electron chi connectivity index (χ3n) is 2.84. The summed E-state index contributed by atoms with van der Waals surface area (Å²) in [5.41, 5.74) is 1.91. The van der Waals surface area contributed by atoms with Crippen LogP contribution >= 0.6 is 0 Å². The Morgan fingerprint density at radius 2 is 2.09 bits per heavy atom. The summed E-state index contributed by atoms with van der Waals surface area (Å²) < 4.78 is 0. The lowest BCUT2D eigenvalue weighted by atomic mass is 9.72. The maximum atomic E-state index is 2.34. The Hall–Kier alpha value is -0.520. The minimum Gasteiger partial charge on any atom is -0.0780 e. The van der Waals surface area contributed by atoms with Gasteiger partial charge in [0.1, 0.15) is 0 Å². The molecule has 0 heterocycles. The van der Waals surface area contributed by atoms with Gasteiger partial charge in [-0.2, -0.15) is 0 Å². The van der Waals surface area contributed by atoms with E-state index >= 15 is 0 Å². The fourth-order valence-corrected chi connectivity index (χ4v) is 1.55. The molecular formula is C11H18. The van der Waals surface area contributed by atoms with Crippen LogP contribution in [0.5, 0.6) is 0 Å². The standard InChI is InChI=1S/C11H18/c1-9(2)11(4)7-5-6-10(3)8-11/h5-7,9H,8H2,1-4H3. The van der Waals surface area contributed by atoms with E-state index in [-0.39, 0.29) is 0 Å². The summed E-state index contributed by atoms with van der Waals surface area (Å²) in [6.45, 7) is 9.14. The molecule has 0 aromatic rings. The predicted molar refractivity (Wildman–Crippen MR) is 50.5 cm³/mol. The molecule has 0 aromatic carbocycles. The zero-order chi connectivity index (χ0) is 8.48. The predicted octanol–water partition coefficient (Wildman–Crippen LogP) is 3.55. The van der Waals surface area contributed by atoms with Crippen LogP contribution in [0.2, 0.25) is 0 Å². The van der Waals surface area contributed by atoms with E-state index in [0.717, 1.165) is 5.92 Å². The average Bonchev–Trinajstić information content (AvgIpc) is 1.86. The number of hydrogen-bond donors (Lipinski definition) is 0. The molecule has 1 aliphatic rings. The Morgan fingerprint density at radius 1 is 1.45 bits per heavy atom. The van der Waals surface area contributed by atoms with Crippen LogP contribution in [0.3, 0.4) is 0 Å². The second kappa shape index (κ2) is 2.84. The summed E-state index contributed by atoms with van der Waals surface area (Å²) in [5.74, 6) is 0.738. The van der Waals surface area contributed by atoms with Gasteiger partial charge in [-0.3, -0.25) is 0 Å². The lowest BCUT2D eigenvalue weighted by Gasteiger charge is -2.32. The molecule has 1 aliphatic carbocycles. The van der Waals surface area contributed by atoms with E-state index in [1.165, 1.54) is 12.0 Å². The fourth-order valence-electron chi connectivity index (χ4n) is 1.55. The third kappa shape index (κ3) is 1.74. The normalized spacial score (nSPS) is 30.8. The Balaban J connectivity index is 2.78. The van der Waals surface area contributed by atoms with Crippen molar-refractivity contribution in [2.24, 2.45) is 11.3 Å². The number of hydrogen-bond acceptors (Lipinski definition) is 0. The number of rotatable bonds is 1. The van der Waals surface area contributed by atoms with E-state index in [0.29, 0.717) is 5.41 Å². The highest BCUT2D eigenvalue weighted by molar-refractivity contribution is 5.22. The molecule has 0 nitrogen and oxygen atoms in total. The highest BCUT2D eigenvalue weighted by atomic mass is 14.3. The quantitative estimate of drug-likeness (QED) is 0.536. The van der Waals surface area contributed by atoms with Gasteiger partial charge in [-0.25, -0.2) is 0 Å².